The quantitative estimate of drug-likeness (QED) is 0.243. The number of hydrogen-bond donors (Lipinski definition) is 0. The summed E-state index contributed by atoms with van der Waals surface area (Å²) in [6.45, 7) is 3.82. The molecule has 0 aromatic carbocycles. The molecule has 1 heterocycles. The molecule has 0 N–H and O–H groups in total. The molecule has 1 rings (SSSR count). The number of hydrogen-bond acceptors (Lipinski definition) is 3. The van der Waals surface area contributed by atoms with Crippen LogP contribution in [0.5, 0.6) is 0 Å². The molecule has 0 unspecified atom stereocenters. The van der Waals surface area contributed by atoms with Crippen molar-refractivity contribution in [1.82, 2.24) is 10.0 Å². The maximum absolute atomic E-state index is 8.43. The van der Waals surface area contributed by atoms with Gasteiger partial charge in [-0.1, -0.05) is 27.7 Å². The van der Waals surface area contributed by atoms with Crippen LogP contribution in [-0.4, -0.2) is 46.7 Å². The van der Waals surface area contributed by atoms with Gasteiger partial charge >= 0.3 is 0 Å². The summed E-state index contributed by atoms with van der Waals surface area (Å²) in [7, 11) is 4.05. The van der Waals surface area contributed by atoms with Crippen LogP contribution in [-0.2, 0) is 0 Å². The first kappa shape index (κ1) is 11.0. The SMILES string of the molecule is CN1C[C@H](N=[N+]=[N-])[C@@](C)(I)CN1C. The number of azide groups is 1. The second-order valence-electron chi connectivity index (χ2n) is 3.65. The topological polar surface area (TPSA) is 55.2 Å². The van der Waals surface area contributed by atoms with E-state index in [1.54, 1.807) is 0 Å². The van der Waals surface area contributed by atoms with E-state index in [1.807, 2.05) is 14.1 Å². The van der Waals surface area contributed by atoms with Gasteiger partial charge in [0.2, 0.25) is 0 Å². The van der Waals surface area contributed by atoms with Gasteiger partial charge in [0.15, 0.2) is 0 Å². The molecule has 74 valence electrons. The second kappa shape index (κ2) is 4.00. The van der Waals surface area contributed by atoms with Crippen molar-refractivity contribution in [2.24, 2.45) is 5.11 Å². The Hall–Kier alpha value is -0.0400. The van der Waals surface area contributed by atoms with E-state index < -0.39 is 0 Å². The molecular weight excluding hydrogens is 281 g/mol. The number of alkyl halides is 1. The van der Waals surface area contributed by atoms with E-state index in [-0.39, 0.29) is 9.46 Å². The summed E-state index contributed by atoms with van der Waals surface area (Å²) in [4.78, 5) is 2.89. The molecule has 0 bridgehead atoms. The van der Waals surface area contributed by atoms with E-state index in [0.29, 0.717) is 0 Å². The fraction of sp³-hybridized carbons (Fsp3) is 1.00. The lowest BCUT2D eigenvalue weighted by Gasteiger charge is -2.44. The molecule has 13 heavy (non-hydrogen) atoms. The number of likely N-dealkylation sites (N-methyl/N-ethyl adjacent to an activating group) is 1. The van der Waals surface area contributed by atoms with Gasteiger partial charge in [0, 0.05) is 35.5 Å². The average molecular weight is 295 g/mol. The van der Waals surface area contributed by atoms with Crippen molar-refractivity contribution in [3.8, 4) is 0 Å². The summed E-state index contributed by atoms with van der Waals surface area (Å²) in [5.74, 6) is 0. The Morgan fingerprint density at radius 1 is 1.54 bits per heavy atom. The van der Waals surface area contributed by atoms with Gasteiger partial charge in [-0.3, -0.25) is 0 Å². The highest BCUT2D eigenvalue weighted by atomic mass is 127. The largest absolute Gasteiger partial charge is 0.245 e. The number of halogens is 1. The normalized spacial score (nSPS) is 37.1. The van der Waals surface area contributed by atoms with Crippen LogP contribution in [0, 0.1) is 0 Å². The molecule has 0 amide bonds. The lowest BCUT2D eigenvalue weighted by molar-refractivity contribution is -0.0193. The lowest BCUT2D eigenvalue weighted by atomic mass is 10.0. The minimum atomic E-state index is 0.0330. The van der Waals surface area contributed by atoms with Crippen LogP contribution in [0.3, 0.4) is 0 Å². The Kier molecular flexibility index (Phi) is 3.39. The minimum absolute atomic E-state index is 0.0330. The Balaban J connectivity index is 2.78. The second-order valence-corrected chi connectivity index (χ2v) is 6.12. The molecule has 5 nitrogen and oxygen atoms in total. The zero-order valence-electron chi connectivity index (χ0n) is 8.11. The maximum atomic E-state index is 8.43. The van der Waals surface area contributed by atoms with Crippen molar-refractivity contribution in [2.75, 3.05) is 27.2 Å². The van der Waals surface area contributed by atoms with Gasteiger partial charge in [-0.15, -0.1) is 0 Å². The van der Waals surface area contributed by atoms with Crippen LogP contribution in [0.25, 0.3) is 10.4 Å². The molecule has 1 saturated heterocycles. The molecule has 1 aliphatic rings. The highest BCUT2D eigenvalue weighted by Gasteiger charge is 2.38. The predicted molar refractivity (Wildman–Crippen MR) is 60.6 cm³/mol. The van der Waals surface area contributed by atoms with Crippen LogP contribution in [0.15, 0.2) is 5.11 Å². The standard InChI is InChI=1S/C7H14IN5/c1-7(8)5-13(3)12(2)4-6(7)10-11-9/h6H,4-5H2,1-3H3/t6-,7-/m0/s1. The van der Waals surface area contributed by atoms with Crippen LogP contribution >= 0.6 is 22.6 Å². The third-order valence-corrected chi connectivity index (χ3v) is 3.50. The first-order valence-electron chi connectivity index (χ1n) is 4.12. The zero-order valence-corrected chi connectivity index (χ0v) is 10.3. The Labute approximate surface area is 91.8 Å². The van der Waals surface area contributed by atoms with E-state index in [4.69, 9.17) is 5.53 Å². The van der Waals surface area contributed by atoms with Crippen molar-refractivity contribution < 1.29 is 0 Å². The highest BCUT2D eigenvalue weighted by molar-refractivity contribution is 14.1. The molecule has 0 aromatic heterocycles. The van der Waals surface area contributed by atoms with Crippen molar-refractivity contribution in [3.05, 3.63) is 10.4 Å². The van der Waals surface area contributed by atoms with Gasteiger partial charge in [0.05, 0.1) is 6.04 Å². The van der Waals surface area contributed by atoms with Gasteiger partial charge in [0.25, 0.3) is 0 Å². The zero-order chi connectivity index (χ0) is 10.1. The first-order valence-corrected chi connectivity index (χ1v) is 5.20. The highest BCUT2D eigenvalue weighted by Crippen LogP contribution is 2.30. The summed E-state index contributed by atoms with van der Waals surface area (Å²) >= 11 is 2.37. The molecule has 0 aromatic rings. The third kappa shape index (κ3) is 2.46. The van der Waals surface area contributed by atoms with Gasteiger partial charge in [0.1, 0.15) is 0 Å². The minimum Gasteiger partial charge on any atom is -0.245 e. The third-order valence-electron chi connectivity index (χ3n) is 2.44. The van der Waals surface area contributed by atoms with Gasteiger partial charge in [-0.05, 0) is 12.5 Å². The molecule has 1 fully saturated rings. The summed E-state index contributed by atoms with van der Waals surface area (Å²) in [5.41, 5.74) is 8.43. The van der Waals surface area contributed by atoms with E-state index in [2.05, 4.69) is 49.6 Å². The molecule has 6 heteroatoms. The number of nitrogens with zero attached hydrogens (tertiary/aromatic N) is 5. The van der Waals surface area contributed by atoms with Crippen molar-refractivity contribution in [3.63, 3.8) is 0 Å². The smallest absolute Gasteiger partial charge is 0.0671 e. The van der Waals surface area contributed by atoms with E-state index >= 15 is 0 Å². The number of rotatable bonds is 1. The maximum Gasteiger partial charge on any atom is 0.0671 e. The molecule has 0 radical (unpaired) electrons. The van der Waals surface area contributed by atoms with Gasteiger partial charge in [-0.2, -0.15) is 0 Å². The van der Waals surface area contributed by atoms with Gasteiger partial charge < -0.3 is 0 Å². The molecule has 0 aliphatic carbocycles. The Morgan fingerprint density at radius 2 is 2.15 bits per heavy atom. The van der Waals surface area contributed by atoms with E-state index in [9.17, 15) is 0 Å². The molecular formula is C7H14IN5. The average Bonchev–Trinajstić information content (AvgIpc) is 2.00. The summed E-state index contributed by atoms with van der Waals surface area (Å²) < 4.78 is 0.0330. The summed E-state index contributed by atoms with van der Waals surface area (Å²) in [6, 6.07) is 0.0549. The van der Waals surface area contributed by atoms with Crippen LogP contribution in [0.2, 0.25) is 0 Å². The number of hydrazine groups is 1. The van der Waals surface area contributed by atoms with Crippen LogP contribution in [0.1, 0.15) is 6.92 Å². The fourth-order valence-corrected chi connectivity index (χ4v) is 2.29. The summed E-state index contributed by atoms with van der Waals surface area (Å²) in [5, 5.41) is 8.06. The summed E-state index contributed by atoms with van der Waals surface area (Å²) in [6.07, 6.45) is 0. The molecule has 1 aliphatic heterocycles. The van der Waals surface area contributed by atoms with Crippen molar-refractivity contribution in [1.29, 1.82) is 0 Å². The van der Waals surface area contributed by atoms with E-state index in [0.717, 1.165) is 13.1 Å². The fourth-order valence-electron chi connectivity index (χ4n) is 1.47. The predicted octanol–water partition coefficient (Wildman–Crippen LogP) is 1.65. The van der Waals surface area contributed by atoms with Crippen LogP contribution < -0.4 is 0 Å². The molecule has 2 atom stereocenters. The molecule has 0 spiro atoms. The van der Waals surface area contributed by atoms with Crippen molar-refractivity contribution >= 4 is 22.6 Å². The Morgan fingerprint density at radius 3 is 2.69 bits per heavy atom. The van der Waals surface area contributed by atoms with Gasteiger partial charge in [-0.25, -0.2) is 10.0 Å². The van der Waals surface area contributed by atoms with Crippen LogP contribution in [0.4, 0.5) is 0 Å². The van der Waals surface area contributed by atoms with E-state index in [1.165, 1.54) is 0 Å². The monoisotopic (exact) mass is 295 g/mol. The molecule has 0 saturated carbocycles. The Bertz CT molecular complexity index is 235. The van der Waals surface area contributed by atoms with Crippen molar-refractivity contribution in [2.45, 2.75) is 16.4 Å². The lowest BCUT2D eigenvalue weighted by Crippen LogP contribution is -2.58. The first-order chi connectivity index (χ1) is 5.97.